The predicted molar refractivity (Wildman–Crippen MR) is 156 cm³/mol. The van der Waals surface area contributed by atoms with Crippen LogP contribution in [0.1, 0.15) is 28.9 Å². The Balaban J connectivity index is 1.27. The minimum Gasteiger partial charge on any atom is -0.497 e. The van der Waals surface area contributed by atoms with Crippen molar-refractivity contribution in [3.8, 4) is 22.9 Å². The lowest BCUT2D eigenvalue weighted by Crippen LogP contribution is -2.27. The van der Waals surface area contributed by atoms with E-state index in [-0.39, 0.29) is 23.1 Å². The predicted octanol–water partition coefficient (Wildman–Crippen LogP) is 5.87. The molecule has 214 valence electrons. The molecule has 1 N–H and O–H groups in total. The summed E-state index contributed by atoms with van der Waals surface area (Å²) in [5, 5.41) is 3.37. The Morgan fingerprint density at radius 1 is 1.10 bits per heavy atom. The molecule has 9 nitrogen and oxygen atoms in total. The minimum atomic E-state index is -0.680. The van der Waals surface area contributed by atoms with Gasteiger partial charge in [0.05, 0.1) is 36.7 Å². The molecule has 5 aromatic rings. The number of fused-ring (bicyclic) bond motifs is 1. The maximum atomic E-state index is 15.2. The van der Waals surface area contributed by atoms with Crippen LogP contribution < -0.4 is 20.3 Å². The van der Waals surface area contributed by atoms with E-state index in [0.717, 1.165) is 18.9 Å². The van der Waals surface area contributed by atoms with Crippen molar-refractivity contribution in [3.05, 3.63) is 106 Å². The van der Waals surface area contributed by atoms with Gasteiger partial charge < -0.3 is 19.5 Å². The maximum absolute atomic E-state index is 15.2. The van der Waals surface area contributed by atoms with Crippen molar-refractivity contribution in [1.29, 1.82) is 0 Å². The van der Waals surface area contributed by atoms with E-state index in [1.165, 1.54) is 16.8 Å². The molecule has 1 fully saturated rings. The van der Waals surface area contributed by atoms with E-state index in [1.807, 2.05) is 30.3 Å². The highest BCUT2D eigenvalue weighted by molar-refractivity contribution is 6.05. The second-order valence-electron chi connectivity index (χ2n) is 10.0. The number of aromatic nitrogens is 3. The number of methoxy groups -OCH3 is 1. The van der Waals surface area contributed by atoms with Crippen LogP contribution >= 0.6 is 0 Å². The van der Waals surface area contributed by atoms with Crippen LogP contribution in [0.5, 0.6) is 17.2 Å². The van der Waals surface area contributed by atoms with E-state index in [9.17, 15) is 9.59 Å². The van der Waals surface area contributed by atoms with Gasteiger partial charge in [-0.25, -0.2) is 9.07 Å². The largest absolute Gasteiger partial charge is 0.497 e. The van der Waals surface area contributed by atoms with Gasteiger partial charge in [0.1, 0.15) is 17.1 Å². The summed E-state index contributed by atoms with van der Waals surface area (Å²) >= 11 is 0. The summed E-state index contributed by atoms with van der Waals surface area (Å²) in [6.45, 7) is 2.84. The second-order valence-corrected chi connectivity index (χ2v) is 10.0. The highest BCUT2D eigenvalue weighted by Crippen LogP contribution is 2.33. The number of amides is 1. The molecule has 1 saturated heterocycles. The first kappa shape index (κ1) is 27.2. The minimum absolute atomic E-state index is 0.0173. The Kier molecular flexibility index (Phi) is 7.45. The van der Waals surface area contributed by atoms with Crippen molar-refractivity contribution in [1.82, 2.24) is 14.3 Å². The maximum Gasteiger partial charge on any atom is 0.284 e. The first-order chi connectivity index (χ1) is 20.4. The summed E-state index contributed by atoms with van der Waals surface area (Å²) in [4.78, 5) is 31.4. The number of carbonyl (C=O) groups is 1. The topological polar surface area (TPSA) is 96.6 Å². The van der Waals surface area contributed by atoms with Crippen LogP contribution in [0.15, 0.2) is 83.8 Å². The van der Waals surface area contributed by atoms with Crippen LogP contribution in [0, 0.1) is 12.7 Å². The van der Waals surface area contributed by atoms with Crippen molar-refractivity contribution in [2.75, 3.05) is 19.0 Å². The van der Waals surface area contributed by atoms with E-state index in [1.54, 1.807) is 49.2 Å². The summed E-state index contributed by atoms with van der Waals surface area (Å²) < 4.78 is 35.4. The monoisotopic (exact) mass is 568 g/mol. The smallest absolute Gasteiger partial charge is 0.284 e. The first-order valence-electron chi connectivity index (χ1n) is 13.6. The molecule has 0 bridgehead atoms. The molecular weight excluding hydrogens is 539 g/mol. The highest BCUT2D eigenvalue weighted by atomic mass is 19.1. The molecule has 0 radical (unpaired) electrons. The second kappa shape index (κ2) is 11.5. The number of hydrogen-bond donors (Lipinski definition) is 1. The summed E-state index contributed by atoms with van der Waals surface area (Å²) in [5.74, 6) is -0.271. The van der Waals surface area contributed by atoms with Gasteiger partial charge >= 0.3 is 0 Å². The van der Waals surface area contributed by atoms with Gasteiger partial charge in [-0.1, -0.05) is 18.2 Å². The van der Waals surface area contributed by atoms with Gasteiger partial charge in [-0.05, 0) is 62.2 Å². The van der Waals surface area contributed by atoms with Crippen LogP contribution in [0.3, 0.4) is 0 Å². The molecule has 0 saturated carbocycles. The van der Waals surface area contributed by atoms with Crippen LogP contribution in [0.4, 0.5) is 10.1 Å². The molecule has 10 heteroatoms. The Labute approximate surface area is 241 Å². The molecule has 1 unspecified atom stereocenters. The normalized spacial score (nSPS) is 14.7. The Morgan fingerprint density at radius 2 is 1.93 bits per heavy atom. The first-order valence-corrected chi connectivity index (χ1v) is 13.6. The van der Waals surface area contributed by atoms with Crippen molar-refractivity contribution in [3.63, 3.8) is 0 Å². The van der Waals surface area contributed by atoms with Crippen molar-refractivity contribution < 1.29 is 23.4 Å². The van der Waals surface area contributed by atoms with Gasteiger partial charge in [-0.2, -0.15) is 0 Å². The number of para-hydroxylation sites is 1. The van der Waals surface area contributed by atoms with Crippen LogP contribution in [0.25, 0.3) is 16.6 Å². The van der Waals surface area contributed by atoms with Crippen molar-refractivity contribution >= 4 is 22.5 Å². The molecule has 1 amide bonds. The molecular formula is C32H29FN4O5. The van der Waals surface area contributed by atoms with E-state index in [2.05, 4.69) is 10.3 Å². The number of carbonyl (C=O) groups excluding carboxylic acids is 1. The standard InChI is InChI=1S/C32H29FN4O5/c1-20-30(32(39)37(22-7-4-3-5-8-22)36(20)19-24-9-6-16-41-24)31(38)35-21-10-13-29(26(33)17-21)42-28-14-15-34-27-18-23(40-2)11-12-25(27)28/h3-5,7-8,10-15,17-18,24H,6,9,16,19H2,1-2H3,(H,35,38). The Bertz CT molecular complexity index is 1830. The lowest BCUT2D eigenvalue weighted by molar-refractivity contribution is 0.0912. The molecule has 1 aliphatic rings. The average molecular weight is 569 g/mol. The molecule has 1 aliphatic heterocycles. The van der Waals surface area contributed by atoms with Gasteiger partial charge in [0.15, 0.2) is 11.6 Å². The third-order valence-corrected chi connectivity index (χ3v) is 7.34. The van der Waals surface area contributed by atoms with Crippen LogP contribution in [-0.2, 0) is 11.3 Å². The van der Waals surface area contributed by atoms with Gasteiger partial charge in [-0.3, -0.25) is 19.3 Å². The Morgan fingerprint density at radius 3 is 2.67 bits per heavy atom. The summed E-state index contributed by atoms with van der Waals surface area (Å²) in [6.07, 6.45) is 3.34. The Hall–Kier alpha value is -4.96. The molecule has 42 heavy (non-hydrogen) atoms. The number of hydrogen-bond acceptors (Lipinski definition) is 6. The zero-order valence-electron chi connectivity index (χ0n) is 23.2. The van der Waals surface area contributed by atoms with Gasteiger partial charge in [0.25, 0.3) is 11.5 Å². The summed E-state index contributed by atoms with van der Waals surface area (Å²) in [5.41, 5.74) is 1.48. The third kappa shape index (κ3) is 5.24. The quantitative estimate of drug-likeness (QED) is 0.252. The average Bonchev–Trinajstić information content (AvgIpc) is 3.60. The molecule has 3 aromatic carbocycles. The van der Waals surface area contributed by atoms with Gasteiger partial charge in [0, 0.05) is 36.0 Å². The van der Waals surface area contributed by atoms with E-state index >= 15 is 4.39 Å². The van der Waals surface area contributed by atoms with Gasteiger partial charge in [-0.15, -0.1) is 0 Å². The van der Waals surface area contributed by atoms with Crippen LogP contribution in [-0.4, -0.2) is 40.1 Å². The summed E-state index contributed by atoms with van der Waals surface area (Å²) in [7, 11) is 1.57. The molecule has 6 rings (SSSR count). The fraction of sp³-hybridized carbons (Fsp3) is 0.219. The number of ether oxygens (including phenoxy) is 3. The molecule has 0 spiro atoms. The van der Waals surface area contributed by atoms with Crippen LogP contribution in [0.2, 0.25) is 0 Å². The SMILES string of the molecule is COc1ccc2c(Oc3ccc(NC(=O)c4c(C)n(CC5CCCO5)n(-c5ccccc5)c4=O)cc3F)ccnc2c1. The fourth-order valence-corrected chi connectivity index (χ4v) is 5.23. The lowest BCUT2D eigenvalue weighted by Gasteiger charge is -2.17. The number of nitrogens with zero attached hydrogens (tertiary/aromatic N) is 3. The van der Waals surface area contributed by atoms with Crippen molar-refractivity contribution in [2.24, 2.45) is 0 Å². The number of anilines is 1. The highest BCUT2D eigenvalue weighted by Gasteiger charge is 2.27. The number of rotatable bonds is 8. The summed E-state index contributed by atoms with van der Waals surface area (Å²) in [6, 6.07) is 20.2. The number of halogens is 1. The lowest BCUT2D eigenvalue weighted by atomic mass is 10.2. The molecule has 2 aromatic heterocycles. The zero-order chi connectivity index (χ0) is 29.2. The van der Waals surface area contributed by atoms with Crippen molar-refractivity contribution in [2.45, 2.75) is 32.4 Å². The molecule has 1 atom stereocenters. The third-order valence-electron chi connectivity index (χ3n) is 7.34. The fourth-order valence-electron chi connectivity index (χ4n) is 5.23. The van der Waals surface area contributed by atoms with Gasteiger partial charge in [0.2, 0.25) is 0 Å². The number of benzene rings is 3. The molecule has 0 aliphatic carbocycles. The van der Waals surface area contributed by atoms with E-state index < -0.39 is 17.3 Å². The number of pyridine rings is 1. The zero-order valence-corrected chi connectivity index (χ0v) is 23.2. The molecule has 3 heterocycles. The number of nitrogens with one attached hydrogen (secondary N) is 1. The van der Waals surface area contributed by atoms with E-state index in [0.29, 0.717) is 46.9 Å². The van der Waals surface area contributed by atoms with E-state index in [4.69, 9.17) is 14.2 Å².